The summed E-state index contributed by atoms with van der Waals surface area (Å²) in [6, 6.07) is 7.15. The molecule has 1 rings (SSSR count). The molecule has 4 heteroatoms. The van der Waals surface area contributed by atoms with Gasteiger partial charge in [-0.15, -0.1) is 0 Å². The molecule has 1 aromatic carbocycles. The van der Waals surface area contributed by atoms with Crippen LogP contribution in [0.25, 0.3) is 0 Å². The summed E-state index contributed by atoms with van der Waals surface area (Å²) >= 11 is 4.03. The van der Waals surface area contributed by atoms with Crippen molar-refractivity contribution in [1.29, 1.82) is 0 Å². The molecule has 1 amide bonds. The second-order valence-corrected chi connectivity index (χ2v) is 3.67. The zero-order valence-electron chi connectivity index (χ0n) is 8.15. The molecule has 1 N–H and O–H groups in total. The monoisotopic (exact) mass is 211 g/mol. The topological polar surface area (TPSA) is 38.3 Å². The molecule has 0 aliphatic heterocycles. The summed E-state index contributed by atoms with van der Waals surface area (Å²) in [5.74, 6) is 0.653. The number of hydrogen-bond donors (Lipinski definition) is 2. The van der Waals surface area contributed by atoms with Crippen molar-refractivity contribution in [3.8, 4) is 5.75 Å². The third kappa shape index (κ3) is 2.96. The van der Waals surface area contributed by atoms with Gasteiger partial charge in [-0.05, 0) is 31.2 Å². The number of ether oxygens (including phenoxy) is 1. The lowest BCUT2D eigenvalue weighted by atomic mass is 10.3. The molecule has 0 saturated heterocycles. The van der Waals surface area contributed by atoms with E-state index in [1.54, 1.807) is 38.3 Å². The first-order valence-corrected chi connectivity index (χ1v) is 4.78. The van der Waals surface area contributed by atoms with Crippen molar-refractivity contribution < 1.29 is 9.53 Å². The van der Waals surface area contributed by atoms with E-state index in [2.05, 4.69) is 17.9 Å². The number of hydrogen-bond acceptors (Lipinski definition) is 3. The molecule has 1 aromatic rings. The minimum atomic E-state index is -0.308. The predicted octanol–water partition coefficient (Wildman–Crippen LogP) is 1.95. The van der Waals surface area contributed by atoms with Crippen LogP contribution in [0.3, 0.4) is 0 Å². The van der Waals surface area contributed by atoms with Gasteiger partial charge in [0.15, 0.2) is 0 Å². The Morgan fingerprint density at radius 1 is 1.43 bits per heavy atom. The fourth-order valence-corrected chi connectivity index (χ4v) is 0.986. The quantitative estimate of drug-likeness (QED) is 0.750. The van der Waals surface area contributed by atoms with Gasteiger partial charge in [-0.1, -0.05) is 0 Å². The first kappa shape index (κ1) is 10.9. The van der Waals surface area contributed by atoms with Crippen molar-refractivity contribution >= 4 is 24.2 Å². The van der Waals surface area contributed by atoms with Crippen LogP contribution in [-0.2, 0) is 4.79 Å². The molecule has 0 aliphatic rings. The number of nitrogens with one attached hydrogen (secondary N) is 1. The molecule has 76 valence electrons. The van der Waals surface area contributed by atoms with Crippen LogP contribution in [0.1, 0.15) is 6.92 Å². The Bertz CT molecular complexity index is 308. The minimum absolute atomic E-state index is 0.112. The van der Waals surface area contributed by atoms with Gasteiger partial charge in [0, 0.05) is 5.69 Å². The Morgan fingerprint density at radius 3 is 2.43 bits per heavy atom. The van der Waals surface area contributed by atoms with Gasteiger partial charge in [0.1, 0.15) is 5.75 Å². The van der Waals surface area contributed by atoms with E-state index in [-0.39, 0.29) is 11.2 Å². The summed E-state index contributed by atoms with van der Waals surface area (Å²) < 4.78 is 4.99. The number of benzene rings is 1. The number of carbonyl (C=O) groups excluding carboxylic acids is 1. The smallest absolute Gasteiger partial charge is 0.236 e. The third-order valence-corrected chi connectivity index (χ3v) is 1.97. The maximum atomic E-state index is 11.2. The number of methoxy groups -OCH3 is 1. The summed E-state index contributed by atoms with van der Waals surface area (Å²) in [5, 5.41) is 2.41. The predicted molar refractivity (Wildman–Crippen MR) is 60.1 cm³/mol. The average Bonchev–Trinajstić information content (AvgIpc) is 2.19. The lowest BCUT2D eigenvalue weighted by molar-refractivity contribution is -0.115. The highest BCUT2D eigenvalue weighted by molar-refractivity contribution is 7.81. The van der Waals surface area contributed by atoms with Crippen LogP contribution in [0.2, 0.25) is 0 Å². The van der Waals surface area contributed by atoms with E-state index < -0.39 is 0 Å². The molecule has 1 unspecified atom stereocenters. The molecule has 14 heavy (non-hydrogen) atoms. The van der Waals surface area contributed by atoms with E-state index in [9.17, 15) is 4.79 Å². The van der Waals surface area contributed by atoms with E-state index in [4.69, 9.17) is 4.74 Å². The van der Waals surface area contributed by atoms with Crippen LogP contribution >= 0.6 is 12.6 Å². The van der Waals surface area contributed by atoms with Gasteiger partial charge in [-0.2, -0.15) is 12.6 Å². The summed E-state index contributed by atoms with van der Waals surface area (Å²) in [7, 11) is 1.60. The first-order valence-electron chi connectivity index (χ1n) is 4.26. The highest BCUT2D eigenvalue weighted by Gasteiger charge is 2.07. The fraction of sp³-hybridized carbons (Fsp3) is 0.300. The van der Waals surface area contributed by atoms with Gasteiger partial charge in [0.25, 0.3) is 0 Å². The lowest BCUT2D eigenvalue weighted by Crippen LogP contribution is -2.20. The Hall–Kier alpha value is -1.16. The molecular weight excluding hydrogens is 198 g/mol. The highest BCUT2D eigenvalue weighted by atomic mass is 32.1. The SMILES string of the molecule is COc1ccc(NC(=O)C(C)S)cc1. The number of amides is 1. The van der Waals surface area contributed by atoms with Crippen LogP contribution < -0.4 is 10.1 Å². The minimum Gasteiger partial charge on any atom is -0.497 e. The van der Waals surface area contributed by atoms with Gasteiger partial charge in [0.05, 0.1) is 12.4 Å². The van der Waals surface area contributed by atoms with E-state index in [0.717, 1.165) is 11.4 Å². The maximum Gasteiger partial charge on any atom is 0.236 e. The third-order valence-electron chi connectivity index (χ3n) is 1.74. The summed E-state index contributed by atoms with van der Waals surface area (Å²) in [6.45, 7) is 1.72. The second kappa shape index (κ2) is 4.91. The van der Waals surface area contributed by atoms with Gasteiger partial charge >= 0.3 is 0 Å². The first-order chi connectivity index (χ1) is 6.63. The molecule has 0 bridgehead atoms. The van der Waals surface area contributed by atoms with Gasteiger partial charge < -0.3 is 10.1 Å². The van der Waals surface area contributed by atoms with E-state index in [1.807, 2.05) is 0 Å². The molecule has 0 aromatic heterocycles. The van der Waals surface area contributed by atoms with Crippen molar-refractivity contribution in [2.24, 2.45) is 0 Å². The van der Waals surface area contributed by atoms with E-state index in [1.165, 1.54) is 0 Å². The van der Waals surface area contributed by atoms with Crippen LogP contribution in [0.5, 0.6) is 5.75 Å². The van der Waals surface area contributed by atoms with Crippen LogP contribution in [-0.4, -0.2) is 18.3 Å². The van der Waals surface area contributed by atoms with Crippen molar-refractivity contribution in [3.05, 3.63) is 24.3 Å². The average molecular weight is 211 g/mol. The highest BCUT2D eigenvalue weighted by Crippen LogP contribution is 2.15. The normalized spacial score (nSPS) is 11.9. The number of anilines is 1. The molecular formula is C10H13NO2S. The van der Waals surface area contributed by atoms with Crippen LogP contribution in [0.15, 0.2) is 24.3 Å². The Balaban J connectivity index is 2.64. The maximum absolute atomic E-state index is 11.2. The molecule has 0 fully saturated rings. The lowest BCUT2D eigenvalue weighted by Gasteiger charge is -2.07. The largest absolute Gasteiger partial charge is 0.497 e. The number of rotatable bonds is 3. The zero-order chi connectivity index (χ0) is 10.6. The molecule has 1 atom stereocenters. The zero-order valence-corrected chi connectivity index (χ0v) is 9.04. The van der Waals surface area contributed by atoms with Crippen molar-refractivity contribution in [1.82, 2.24) is 0 Å². The Kier molecular flexibility index (Phi) is 3.83. The van der Waals surface area contributed by atoms with E-state index >= 15 is 0 Å². The number of thiol groups is 1. The molecule has 3 nitrogen and oxygen atoms in total. The van der Waals surface area contributed by atoms with Crippen molar-refractivity contribution in [3.63, 3.8) is 0 Å². The van der Waals surface area contributed by atoms with Gasteiger partial charge in [0.2, 0.25) is 5.91 Å². The van der Waals surface area contributed by atoms with Crippen LogP contribution in [0, 0.1) is 0 Å². The van der Waals surface area contributed by atoms with E-state index in [0.29, 0.717) is 0 Å². The standard InChI is InChI=1S/C10H13NO2S/c1-7(14)10(12)11-8-3-5-9(13-2)6-4-8/h3-7,14H,1-2H3,(H,11,12). The van der Waals surface area contributed by atoms with Gasteiger partial charge in [-0.25, -0.2) is 0 Å². The number of carbonyl (C=O) groups is 1. The molecule has 0 heterocycles. The molecule has 0 aliphatic carbocycles. The van der Waals surface area contributed by atoms with Crippen molar-refractivity contribution in [2.75, 3.05) is 12.4 Å². The van der Waals surface area contributed by atoms with Crippen molar-refractivity contribution in [2.45, 2.75) is 12.2 Å². The Labute approximate surface area is 88.9 Å². The fourth-order valence-electron chi connectivity index (χ4n) is 0.921. The summed E-state index contributed by atoms with van der Waals surface area (Å²) in [6.07, 6.45) is 0. The second-order valence-electron chi connectivity index (χ2n) is 2.89. The summed E-state index contributed by atoms with van der Waals surface area (Å²) in [4.78, 5) is 11.2. The molecule has 0 saturated carbocycles. The van der Waals surface area contributed by atoms with Crippen LogP contribution in [0.4, 0.5) is 5.69 Å². The molecule has 0 radical (unpaired) electrons. The molecule has 0 spiro atoms. The summed E-state index contributed by atoms with van der Waals surface area (Å²) in [5.41, 5.74) is 0.747. The Morgan fingerprint density at radius 2 is 2.00 bits per heavy atom. The van der Waals surface area contributed by atoms with Gasteiger partial charge in [-0.3, -0.25) is 4.79 Å².